The molecule has 0 rings (SSSR count). The molecule has 0 aromatic carbocycles. The van der Waals surface area contributed by atoms with Crippen LogP contribution in [0.3, 0.4) is 0 Å². The van der Waals surface area contributed by atoms with E-state index in [1.165, 1.54) is 0 Å². The number of sulfone groups is 1. The normalized spacial score (nSPS) is 13.4. The van der Waals surface area contributed by atoms with Crippen molar-refractivity contribution < 1.29 is 8.42 Å². The maximum Gasteiger partial charge on any atom is 0.155 e. The van der Waals surface area contributed by atoms with Crippen LogP contribution in [0.15, 0.2) is 0 Å². The minimum Gasteiger partial charge on any atom is -0.315 e. The molecule has 0 saturated carbocycles. The highest BCUT2D eigenvalue weighted by atomic mass is 32.2. The summed E-state index contributed by atoms with van der Waals surface area (Å²) >= 11 is 0. The molecule has 0 aliphatic rings. The van der Waals surface area contributed by atoms with Crippen molar-refractivity contribution in [2.24, 2.45) is 0 Å². The van der Waals surface area contributed by atoms with Gasteiger partial charge in [0.2, 0.25) is 0 Å². The van der Waals surface area contributed by atoms with Gasteiger partial charge in [-0.1, -0.05) is 20.3 Å². The molecule has 0 aliphatic carbocycles. The highest BCUT2D eigenvalue weighted by Crippen LogP contribution is 2.17. The van der Waals surface area contributed by atoms with Gasteiger partial charge >= 0.3 is 0 Å². The first-order chi connectivity index (χ1) is 7.17. The second kappa shape index (κ2) is 6.60. The fraction of sp³-hybridized carbons (Fsp3) is 1.00. The SMILES string of the molecule is CC(C)NCCCCCS(=O)(=O)C(C)(C)C. The fourth-order valence-corrected chi connectivity index (χ4v) is 2.49. The van der Waals surface area contributed by atoms with Crippen molar-refractivity contribution in [3.63, 3.8) is 0 Å². The molecule has 4 heteroatoms. The van der Waals surface area contributed by atoms with Gasteiger partial charge in [-0.05, 0) is 40.2 Å². The lowest BCUT2D eigenvalue weighted by Crippen LogP contribution is -2.30. The van der Waals surface area contributed by atoms with Crippen molar-refractivity contribution >= 4 is 9.84 Å². The molecule has 0 spiro atoms. The average Bonchev–Trinajstić information content (AvgIpc) is 2.08. The highest BCUT2D eigenvalue weighted by Gasteiger charge is 2.27. The largest absolute Gasteiger partial charge is 0.315 e. The molecule has 98 valence electrons. The summed E-state index contributed by atoms with van der Waals surface area (Å²) in [7, 11) is -2.92. The number of rotatable bonds is 7. The van der Waals surface area contributed by atoms with Crippen LogP contribution in [0.1, 0.15) is 53.9 Å². The zero-order valence-electron chi connectivity index (χ0n) is 11.3. The summed E-state index contributed by atoms with van der Waals surface area (Å²) in [5, 5.41) is 3.32. The highest BCUT2D eigenvalue weighted by molar-refractivity contribution is 7.92. The van der Waals surface area contributed by atoms with Gasteiger partial charge in [-0.2, -0.15) is 0 Å². The van der Waals surface area contributed by atoms with Gasteiger partial charge in [0.25, 0.3) is 0 Å². The molecule has 0 amide bonds. The van der Waals surface area contributed by atoms with Crippen LogP contribution < -0.4 is 5.32 Å². The first-order valence-corrected chi connectivity index (χ1v) is 7.78. The maximum absolute atomic E-state index is 11.8. The summed E-state index contributed by atoms with van der Waals surface area (Å²) in [6, 6.07) is 0.512. The molecule has 0 bridgehead atoms. The van der Waals surface area contributed by atoms with Crippen LogP contribution in [0.25, 0.3) is 0 Å². The van der Waals surface area contributed by atoms with Crippen LogP contribution in [-0.4, -0.2) is 31.5 Å². The lowest BCUT2D eigenvalue weighted by molar-refractivity contribution is 0.541. The van der Waals surface area contributed by atoms with E-state index in [1.807, 2.05) is 0 Å². The van der Waals surface area contributed by atoms with Gasteiger partial charge in [-0.3, -0.25) is 0 Å². The molecule has 16 heavy (non-hydrogen) atoms. The van der Waals surface area contributed by atoms with Gasteiger partial charge in [-0.25, -0.2) is 8.42 Å². The number of unbranched alkanes of at least 4 members (excludes halogenated alkanes) is 2. The Morgan fingerprint density at radius 1 is 1.06 bits per heavy atom. The second-order valence-corrected chi connectivity index (χ2v) is 8.46. The predicted molar refractivity (Wildman–Crippen MR) is 70.5 cm³/mol. The predicted octanol–water partition coefficient (Wildman–Crippen LogP) is 2.37. The van der Waals surface area contributed by atoms with Crippen LogP contribution in [0.2, 0.25) is 0 Å². The van der Waals surface area contributed by atoms with E-state index in [1.54, 1.807) is 20.8 Å². The van der Waals surface area contributed by atoms with Crippen molar-refractivity contribution in [3.8, 4) is 0 Å². The molecule has 0 atom stereocenters. The van der Waals surface area contributed by atoms with E-state index in [0.29, 0.717) is 11.8 Å². The van der Waals surface area contributed by atoms with Crippen LogP contribution in [-0.2, 0) is 9.84 Å². The van der Waals surface area contributed by atoms with E-state index >= 15 is 0 Å². The monoisotopic (exact) mass is 249 g/mol. The van der Waals surface area contributed by atoms with E-state index < -0.39 is 14.6 Å². The Labute approximate surface area is 101 Å². The first kappa shape index (κ1) is 15.9. The Morgan fingerprint density at radius 3 is 2.06 bits per heavy atom. The molecule has 0 unspecified atom stereocenters. The Hall–Kier alpha value is -0.0900. The van der Waals surface area contributed by atoms with Crippen molar-refractivity contribution in [2.75, 3.05) is 12.3 Å². The third-order valence-corrected chi connectivity index (χ3v) is 5.27. The smallest absolute Gasteiger partial charge is 0.155 e. The molecule has 0 aromatic rings. The number of nitrogens with one attached hydrogen (secondary N) is 1. The van der Waals surface area contributed by atoms with E-state index in [0.717, 1.165) is 25.8 Å². The quantitative estimate of drug-likeness (QED) is 0.705. The summed E-state index contributed by atoms with van der Waals surface area (Å²) in [5.74, 6) is 0.318. The first-order valence-electron chi connectivity index (χ1n) is 6.12. The molecular weight excluding hydrogens is 222 g/mol. The molecular formula is C12H27NO2S. The van der Waals surface area contributed by atoms with Crippen molar-refractivity contribution in [3.05, 3.63) is 0 Å². The van der Waals surface area contributed by atoms with E-state index in [9.17, 15) is 8.42 Å². The van der Waals surface area contributed by atoms with Gasteiger partial charge in [0.1, 0.15) is 0 Å². The minimum atomic E-state index is -2.92. The second-order valence-electron chi connectivity index (χ2n) is 5.60. The summed E-state index contributed by atoms with van der Waals surface area (Å²) in [4.78, 5) is 0. The zero-order chi connectivity index (χ0) is 12.8. The number of hydrogen-bond acceptors (Lipinski definition) is 3. The molecule has 0 radical (unpaired) electrons. The molecule has 0 fully saturated rings. The van der Waals surface area contributed by atoms with Crippen LogP contribution in [0.4, 0.5) is 0 Å². The lowest BCUT2D eigenvalue weighted by Gasteiger charge is -2.18. The Balaban J connectivity index is 3.68. The van der Waals surface area contributed by atoms with Crippen LogP contribution >= 0.6 is 0 Å². The molecule has 1 N–H and O–H groups in total. The minimum absolute atomic E-state index is 0.318. The Morgan fingerprint density at radius 2 is 1.62 bits per heavy atom. The van der Waals surface area contributed by atoms with Gasteiger partial charge in [-0.15, -0.1) is 0 Å². The van der Waals surface area contributed by atoms with Crippen molar-refractivity contribution in [1.29, 1.82) is 0 Å². The summed E-state index contributed by atoms with van der Waals surface area (Å²) in [6.45, 7) is 10.5. The van der Waals surface area contributed by atoms with Gasteiger partial charge < -0.3 is 5.32 Å². The van der Waals surface area contributed by atoms with Gasteiger partial charge in [0.05, 0.1) is 10.5 Å². The van der Waals surface area contributed by atoms with Gasteiger partial charge in [0.15, 0.2) is 9.84 Å². The molecule has 0 heterocycles. The van der Waals surface area contributed by atoms with E-state index in [-0.39, 0.29) is 0 Å². The third-order valence-electron chi connectivity index (χ3n) is 2.58. The van der Waals surface area contributed by atoms with Gasteiger partial charge in [0, 0.05) is 6.04 Å². The summed E-state index contributed by atoms with van der Waals surface area (Å²) in [6.07, 6.45) is 2.81. The summed E-state index contributed by atoms with van der Waals surface area (Å²) < 4.78 is 22.9. The van der Waals surface area contributed by atoms with E-state index in [2.05, 4.69) is 19.2 Å². The Bertz CT molecular complexity index is 276. The zero-order valence-corrected chi connectivity index (χ0v) is 12.2. The van der Waals surface area contributed by atoms with Crippen LogP contribution in [0.5, 0.6) is 0 Å². The van der Waals surface area contributed by atoms with Crippen molar-refractivity contribution in [2.45, 2.75) is 64.7 Å². The summed E-state index contributed by atoms with van der Waals surface area (Å²) in [5.41, 5.74) is 0. The third kappa shape index (κ3) is 6.48. The maximum atomic E-state index is 11.8. The molecule has 0 saturated heterocycles. The standard InChI is InChI=1S/C12H27NO2S/c1-11(2)13-9-7-6-8-10-16(14,15)12(3,4)5/h11,13H,6-10H2,1-5H3. The van der Waals surface area contributed by atoms with Crippen LogP contribution in [0, 0.1) is 0 Å². The topological polar surface area (TPSA) is 46.2 Å². The van der Waals surface area contributed by atoms with E-state index in [4.69, 9.17) is 0 Å². The molecule has 3 nitrogen and oxygen atoms in total. The Kier molecular flexibility index (Phi) is 6.56. The average molecular weight is 249 g/mol. The lowest BCUT2D eigenvalue weighted by atomic mass is 10.2. The fourth-order valence-electron chi connectivity index (χ4n) is 1.29. The van der Waals surface area contributed by atoms with Crippen molar-refractivity contribution in [1.82, 2.24) is 5.32 Å². The molecule has 0 aromatic heterocycles. The molecule has 0 aliphatic heterocycles. The number of hydrogen-bond donors (Lipinski definition) is 1.